The van der Waals surface area contributed by atoms with Gasteiger partial charge in [-0.2, -0.15) is 0 Å². The summed E-state index contributed by atoms with van der Waals surface area (Å²) in [7, 11) is 0. The molecule has 1 fully saturated rings. The molecule has 0 bridgehead atoms. The van der Waals surface area contributed by atoms with Crippen molar-refractivity contribution in [1.82, 2.24) is 4.98 Å². The Morgan fingerprint density at radius 2 is 1.81 bits per heavy atom. The first-order valence-electron chi connectivity index (χ1n) is 13.8. The Bertz CT molecular complexity index is 1590. The highest BCUT2D eigenvalue weighted by molar-refractivity contribution is 7.17. The fourth-order valence-electron chi connectivity index (χ4n) is 5.18. The first-order valence-corrected chi connectivity index (χ1v) is 14.6. The zero-order valence-electron chi connectivity index (χ0n) is 24.1. The number of Topliss-reactive ketones (excluding diaryl/α,β-unsaturated/α-hetero) is 1. The zero-order valence-corrected chi connectivity index (χ0v) is 24.9. The maximum Gasteiger partial charge on any atom is 0.350 e. The number of anilines is 1. The molecule has 11 heteroatoms. The Morgan fingerprint density at radius 1 is 1.07 bits per heavy atom. The van der Waals surface area contributed by atoms with Crippen LogP contribution in [-0.2, 0) is 20.7 Å². The number of fused-ring (bicyclic) bond motifs is 1. The van der Waals surface area contributed by atoms with E-state index in [2.05, 4.69) is 4.98 Å². The summed E-state index contributed by atoms with van der Waals surface area (Å²) in [4.78, 5) is 45.8. The van der Waals surface area contributed by atoms with Crippen LogP contribution in [0.2, 0.25) is 0 Å². The molecule has 220 valence electrons. The van der Waals surface area contributed by atoms with Gasteiger partial charge in [0.15, 0.2) is 16.6 Å². The third-order valence-electron chi connectivity index (χ3n) is 6.95. The van der Waals surface area contributed by atoms with Crippen LogP contribution in [0.5, 0.6) is 17.2 Å². The number of rotatable bonds is 9. The number of hydrogen-bond donors (Lipinski definition) is 1. The fourth-order valence-corrected chi connectivity index (χ4v) is 6.17. The number of carbonyl (C=O) groups excluding carboxylic acids is 3. The minimum atomic E-state index is -1.07. The van der Waals surface area contributed by atoms with E-state index in [4.69, 9.17) is 18.9 Å². The van der Waals surface area contributed by atoms with Gasteiger partial charge in [0.1, 0.15) is 22.5 Å². The molecule has 10 nitrogen and oxygen atoms in total. The Hall–Kier alpha value is -4.38. The van der Waals surface area contributed by atoms with E-state index in [1.54, 1.807) is 50.2 Å². The maximum atomic E-state index is 13.7. The van der Waals surface area contributed by atoms with E-state index in [0.29, 0.717) is 53.7 Å². The first-order chi connectivity index (χ1) is 20.2. The van der Waals surface area contributed by atoms with Gasteiger partial charge in [0.25, 0.3) is 5.78 Å². The predicted octanol–water partition coefficient (Wildman–Crippen LogP) is 5.38. The Kier molecular flexibility index (Phi) is 8.22. The van der Waals surface area contributed by atoms with Crippen molar-refractivity contribution in [1.29, 1.82) is 0 Å². The molecular weight excluding hydrogens is 560 g/mol. The second kappa shape index (κ2) is 11.8. The van der Waals surface area contributed by atoms with Gasteiger partial charge in [0, 0.05) is 12.0 Å². The maximum absolute atomic E-state index is 13.7. The first kappa shape index (κ1) is 29.1. The van der Waals surface area contributed by atoms with Crippen LogP contribution >= 0.6 is 11.3 Å². The molecule has 1 amide bonds. The number of hydrogen-bond acceptors (Lipinski definition) is 10. The van der Waals surface area contributed by atoms with Gasteiger partial charge < -0.3 is 24.1 Å². The van der Waals surface area contributed by atoms with E-state index in [0.717, 1.165) is 16.9 Å². The second-order valence-electron chi connectivity index (χ2n) is 9.83. The lowest BCUT2D eigenvalue weighted by molar-refractivity contribution is -0.132. The van der Waals surface area contributed by atoms with Gasteiger partial charge >= 0.3 is 11.9 Å². The van der Waals surface area contributed by atoms with Crippen LogP contribution in [0.25, 0.3) is 5.76 Å². The number of aliphatic hydroxyl groups excluding tert-OH is 1. The number of esters is 1. The summed E-state index contributed by atoms with van der Waals surface area (Å²) in [6.07, 6.45) is 0.644. The molecule has 2 aliphatic heterocycles. The SMILES string of the molecule is CCOC(=O)c1sc(N2C(=O)C(=O)/C(=C(/O)c3ccc4c(c3)C[C@@H](C)O4)[C@@H]2c2ccc(OCC)c(OCC)c2)nc1C. The Morgan fingerprint density at radius 3 is 2.52 bits per heavy atom. The largest absolute Gasteiger partial charge is 0.507 e. The molecular formula is C31H32N2O8S. The third kappa shape index (κ3) is 5.20. The summed E-state index contributed by atoms with van der Waals surface area (Å²) >= 11 is 0.951. The molecule has 1 N–H and O–H groups in total. The van der Waals surface area contributed by atoms with Crippen LogP contribution in [0.15, 0.2) is 42.0 Å². The van der Waals surface area contributed by atoms with E-state index in [9.17, 15) is 19.5 Å². The lowest BCUT2D eigenvalue weighted by Crippen LogP contribution is -2.29. The van der Waals surface area contributed by atoms with Crippen LogP contribution < -0.4 is 19.1 Å². The number of carbonyl (C=O) groups is 3. The monoisotopic (exact) mass is 592 g/mol. The van der Waals surface area contributed by atoms with Gasteiger partial charge in [-0.05, 0) is 76.1 Å². The highest BCUT2D eigenvalue weighted by Gasteiger charge is 2.49. The molecule has 0 spiro atoms. The molecule has 0 radical (unpaired) electrons. The number of thiazole rings is 1. The van der Waals surface area contributed by atoms with Gasteiger partial charge in [0.05, 0.1) is 37.1 Å². The number of aryl methyl sites for hydroxylation is 1. The second-order valence-corrected chi connectivity index (χ2v) is 10.8. The van der Waals surface area contributed by atoms with Crippen LogP contribution in [0.1, 0.15) is 65.8 Å². The highest BCUT2D eigenvalue weighted by atomic mass is 32.1. The fraction of sp³-hybridized carbons (Fsp3) is 0.355. The lowest BCUT2D eigenvalue weighted by atomic mass is 9.94. The average molecular weight is 593 g/mol. The van der Waals surface area contributed by atoms with E-state index in [-0.39, 0.29) is 34.1 Å². The Labute approximate surface area is 247 Å². The average Bonchev–Trinajstić information content (AvgIpc) is 3.61. The predicted molar refractivity (Wildman–Crippen MR) is 157 cm³/mol. The quantitative estimate of drug-likeness (QED) is 0.151. The highest BCUT2D eigenvalue weighted by Crippen LogP contribution is 2.46. The summed E-state index contributed by atoms with van der Waals surface area (Å²) < 4.78 is 22.5. The van der Waals surface area contributed by atoms with Crippen molar-refractivity contribution in [3.8, 4) is 17.2 Å². The number of aliphatic hydroxyl groups is 1. The summed E-state index contributed by atoms with van der Waals surface area (Å²) in [6.45, 7) is 9.91. The van der Waals surface area contributed by atoms with Crippen LogP contribution in [-0.4, -0.2) is 53.7 Å². The molecule has 2 atom stereocenters. The van der Waals surface area contributed by atoms with E-state index < -0.39 is 23.7 Å². The molecule has 42 heavy (non-hydrogen) atoms. The van der Waals surface area contributed by atoms with Gasteiger partial charge in [-0.3, -0.25) is 14.5 Å². The van der Waals surface area contributed by atoms with Crippen molar-refractivity contribution in [2.24, 2.45) is 0 Å². The van der Waals surface area contributed by atoms with Crippen LogP contribution in [0, 0.1) is 6.92 Å². The number of benzene rings is 2. The number of nitrogens with zero attached hydrogens (tertiary/aromatic N) is 2. The van der Waals surface area contributed by atoms with Crippen molar-refractivity contribution < 1.29 is 38.4 Å². The van der Waals surface area contributed by atoms with E-state index in [1.165, 1.54) is 4.90 Å². The summed E-state index contributed by atoms with van der Waals surface area (Å²) in [5.74, 6) is -1.00. The molecule has 3 heterocycles. The third-order valence-corrected chi connectivity index (χ3v) is 8.09. The number of aromatic nitrogens is 1. The van der Waals surface area contributed by atoms with Gasteiger partial charge in [-0.25, -0.2) is 9.78 Å². The molecule has 0 aliphatic carbocycles. The normalized spacial score (nSPS) is 19.0. The number of ketones is 1. The van der Waals surface area contributed by atoms with Crippen molar-refractivity contribution in [3.05, 3.63) is 69.2 Å². The van der Waals surface area contributed by atoms with Crippen LogP contribution in [0.4, 0.5) is 5.13 Å². The van der Waals surface area contributed by atoms with E-state index in [1.807, 2.05) is 20.8 Å². The minimum Gasteiger partial charge on any atom is -0.507 e. The molecule has 5 rings (SSSR count). The van der Waals surface area contributed by atoms with Gasteiger partial charge in [-0.1, -0.05) is 17.4 Å². The minimum absolute atomic E-state index is 0.00875. The number of ether oxygens (including phenoxy) is 4. The molecule has 1 aromatic heterocycles. The standard InChI is InChI=1S/C31H32N2O8S/c1-6-38-22-12-9-18(15-23(22)39-7-2)25-24(26(34)19-10-11-21-20(14-19)13-16(4)41-21)27(35)29(36)33(25)31-32-17(5)28(42-31)30(37)40-8-3/h9-12,14-16,25,34H,6-8,13H2,1-5H3/b26-24+/t16-,25+/m1/s1. The Balaban J connectivity index is 1.69. The number of amides is 1. The van der Waals surface area contributed by atoms with Crippen molar-refractivity contribution in [2.75, 3.05) is 24.7 Å². The topological polar surface area (TPSA) is 124 Å². The molecule has 3 aromatic rings. The van der Waals surface area contributed by atoms with Gasteiger partial charge in [0.2, 0.25) is 0 Å². The zero-order chi connectivity index (χ0) is 30.1. The molecule has 2 aliphatic rings. The summed E-state index contributed by atoms with van der Waals surface area (Å²) in [5.41, 5.74) is 2.03. The van der Waals surface area contributed by atoms with Crippen molar-refractivity contribution in [3.63, 3.8) is 0 Å². The van der Waals surface area contributed by atoms with Crippen molar-refractivity contribution >= 4 is 39.9 Å². The summed E-state index contributed by atoms with van der Waals surface area (Å²) in [6, 6.07) is 9.23. The smallest absolute Gasteiger partial charge is 0.350 e. The molecule has 1 saturated heterocycles. The lowest BCUT2D eigenvalue weighted by Gasteiger charge is -2.24. The molecule has 0 saturated carbocycles. The summed E-state index contributed by atoms with van der Waals surface area (Å²) in [5, 5.41) is 11.8. The van der Waals surface area contributed by atoms with Gasteiger partial charge in [-0.15, -0.1) is 0 Å². The molecule has 0 unspecified atom stereocenters. The van der Waals surface area contributed by atoms with Crippen molar-refractivity contribution in [2.45, 2.75) is 53.2 Å². The van der Waals surface area contributed by atoms with Crippen LogP contribution in [0.3, 0.4) is 0 Å². The van der Waals surface area contributed by atoms with E-state index >= 15 is 0 Å². The molecule has 2 aromatic carbocycles.